The maximum absolute atomic E-state index is 12.6. The summed E-state index contributed by atoms with van der Waals surface area (Å²) in [6.45, 7) is 4.98. The molecule has 2 fully saturated rings. The Bertz CT molecular complexity index is 821. The van der Waals surface area contributed by atoms with Crippen molar-refractivity contribution >= 4 is 23.2 Å². The standard InChI is InChI=1S/C23H28ClN3O2/c24-21-7-1-2-8-22(21)29-20-11-9-18(10-12-20)25-23(28)17-27-15-5-6-19(27)16-26-13-3-4-14-26/h1-2,7-12,19H,3-6,13-17H2,(H,25,28). The molecule has 2 heterocycles. The molecule has 2 aromatic carbocycles. The first-order chi connectivity index (χ1) is 14.2. The van der Waals surface area contributed by atoms with Crippen LogP contribution in [0.5, 0.6) is 11.5 Å². The number of benzene rings is 2. The van der Waals surface area contributed by atoms with Crippen LogP contribution < -0.4 is 10.1 Å². The largest absolute Gasteiger partial charge is 0.456 e. The quantitative estimate of drug-likeness (QED) is 0.718. The van der Waals surface area contributed by atoms with E-state index in [9.17, 15) is 4.79 Å². The average molecular weight is 414 g/mol. The number of nitrogens with one attached hydrogen (secondary N) is 1. The van der Waals surface area contributed by atoms with Gasteiger partial charge in [-0.25, -0.2) is 0 Å². The summed E-state index contributed by atoms with van der Waals surface area (Å²) in [4.78, 5) is 17.4. The van der Waals surface area contributed by atoms with Crippen LogP contribution in [0.25, 0.3) is 0 Å². The van der Waals surface area contributed by atoms with Gasteiger partial charge in [0.05, 0.1) is 11.6 Å². The van der Waals surface area contributed by atoms with Crippen LogP contribution in [0.2, 0.25) is 5.02 Å². The van der Waals surface area contributed by atoms with Gasteiger partial charge >= 0.3 is 0 Å². The van der Waals surface area contributed by atoms with E-state index in [0.29, 0.717) is 29.1 Å². The maximum Gasteiger partial charge on any atom is 0.238 e. The molecule has 0 bridgehead atoms. The third-order valence-corrected chi connectivity index (χ3v) is 6.03. The van der Waals surface area contributed by atoms with Crippen molar-refractivity contribution in [1.29, 1.82) is 0 Å². The topological polar surface area (TPSA) is 44.8 Å². The number of hydrogen-bond donors (Lipinski definition) is 1. The van der Waals surface area contributed by atoms with Gasteiger partial charge in [-0.05, 0) is 81.7 Å². The van der Waals surface area contributed by atoms with E-state index in [1.165, 1.54) is 38.8 Å². The van der Waals surface area contributed by atoms with Gasteiger partial charge in [0.1, 0.15) is 11.5 Å². The van der Waals surface area contributed by atoms with Crippen molar-refractivity contribution in [2.75, 3.05) is 38.0 Å². The molecule has 0 radical (unpaired) electrons. The summed E-state index contributed by atoms with van der Waals surface area (Å²) in [7, 11) is 0. The highest BCUT2D eigenvalue weighted by atomic mass is 35.5. The lowest BCUT2D eigenvalue weighted by atomic mass is 10.2. The minimum absolute atomic E-state index is 0.0399. The van der Waals surface area contributed by atoms with E-state index >= 15 is 0 Å². The van der Waals surface area contributed by atoms with Crippen LogP contribution in [-0.4, -0.2) is 54.5 Å². The zero-order valence-electron chi connectivity index (χ0n) is 16.6. The molecule has 6 heteroatoms. The third kappa shape index (κ3) is 5.50. The Morgan fingerprint density at radius 1 is 1.03 bits per heavy atom. The fourth-order valence-corrected chi connectivity index (χ4v) is 4.39. The molecule has 2 aliphatic heterocycles. The molecule has 0 aromatic heterocycles. The van der Waals surface area contributed by atoms with Crippen LogP contribution in [-0.2, 0) is 4.79 Å². The van der Waals surface area contributed by atoms with Crippen LogP contribution in [0, 0.1) is 0 Å². The zero-order chi connectivity index (χ0) is 20.1. The second kappa shape index (κ2) is 9.61. The molecule has 29 heavy (non-hydrogen) atoms. The van der Waals surface area contributed by atoms with Gasteiger partial charge in [-0.15, -0.1) is 0 Å². The highest BCUT2D eigenvalue weighted by molar-refractivity contribution is 6.32. The minimum Gasteiger partial charge on any atom is -0.456 e. The normalized spacial score (nSPS) is 20.1. The SMILES string of the molecule is O=C(CN1CCCC1CN1CCCC1)Nc1ccc(Oc2ccccc2Cl)cc1. The smallest absolute Gasteiger partial charge is 0.238 e. The van der Waals surface area contributed by atoms with Crippen molar-refractivity contribution in [2.45, 2.75) is 31.7 Å². The lowest BCUT2D eigenvalue weighted by molar-refractivity contribution is -0.117. The Morgan fingerprint density at radius 2 is 1.79 bits per heavy atom. The number of carbonyl (C=O) groups excluding carboxylic acids is 1. The Labute approximate surface area is 177 Å². The lowest BCUT2D eigenvalue weighted by Crippen LogP contribution is -2.42. The van der Waals surface area contributed by atoms with Crippen LogP contribution in [0.3, 0.4) is 0 Å². The Balaban J connectivity index is 1.28. The summed E-state index contributed by atoms with van der Waals surface area (Å²) < 4.78 is 5.80. The molecular weight excluding hydrogens is 386 g/mol. The number of likely N-dealkylation sites (tertiary alicyclic amines) is 2. The molecule has 2 aliphatic rings. The first kappa shape index (κ1) is 20.2. The van der Waals surface area contributed by atoms with Crippen LogP contribution in [0.4, 0.5) is 5.69 Å². The van der Waals surface area contributed by atoms with Crippen molar-refractivity contribution in [3.05, 3.63) is 53.6 Å². The number of hydrogen-bond acceptors (Lipinski definition) is 4. The van der Waals surface area contributed by atoms with E-state index in [1.807, 2.05) is 42.5 Å². The summed E-state index contributed by atoms with van der Waals surface area (Å²) in [6, 6.07) is 15.3. The van der Waals surface area contributed by atoms with Crippen LogP contribution in [0.1, 0.15) is 25.7 Å². The van der Waals surface area contributed by atoms with E-state index in [1.54, 1.807) is 6.07 Å². The molecule has 1 atom stereocenters. The predicted molar refractivity (Wildman–Crippen MR) is 117 cm³/mol. The van der Waals surface area contributed by atoms with E-state index in [4.69, 9.17) is 16.3 Å². The number of anilines is 1. The van der Waals surface area contributed by atoms with Gasteiger partial charge in [0.15, 0.2) is 0 Å². The van der Waals surface area contributed by atoms with Gasteiger partial charge in [0, 0.05) is 18.3 Å². The fourth-order valence-electron chi connectivity index (χ4n) is 4.22. The van der Waals surface area contributed by atoms with Crippen molar-refractivity contribution in [2.24, 2.45) is 0 Å². The van der Waals surface area contributed by atoms with Gasteiger partial charge < -0.3 is 15.0 Å². The summed E-state index contributed by atoms with van der Waals surface area (Å²) in [5.74, 6) is 1.34. The summed E-state index contributed by atoms with van der Waals surface area (Å²) in [5.41, 5.74) is 0.775. The number of para-hydroxylation sites is 1. The van der Waals surface area contributed by atoms with E-state index in [0.717, 1.165) is 18.8 Å². The zero-order valence-corrected chi connectivity index (χ0v) is 17.4. The highest BCUT2D eigenvalue weighted by Gasteiger charge is 2.28. The number of nitrogens with zero attached hydrogens (tertiary/aromatic N) is 2. The second-order valence-electron chi connectivity index (χ2n) is 7.88. The highest BCUT2D eigenvalue weighted by Crippen LogP contribution is 2.29. The van der Waals surface area contributed by atoms with Crippen molar-refractivity contribution in [3.8, 4) is 11.5 Å². The van der Waals surface area contributed by atoms with E-state index in [-0.39, 0.29) is 5.91 Å². The monoisotopic (exact) mass is 413 g/mol. The van der Waals surface area contributed by atoms with Crippen molar-refractivity contribution in [1.82, 2.24) is 9.80 Å². The van der Waals surface area contributed by atoms with E-state index < -0.39 is 0 Å². The average Bonchev–Trinajstić information content (AvgIpc) is 3.38. The first-order valence-corrected chi connectivity index (χ1v) is 10.8. The Kier molecular flexibility index (Phi) is 6.70. The minimum atomic E-state index is 0.0399. The maximum atomic E-state index is 12.6. The molecule has 1 N–H and O–H groups in total. The molecule has 5 nitrogen and oxygen atoms in total. The summed E-state index contributed by atoms with van der Waals surface area (Å²) in [6.07, 6.45) is 4.99. The van der Waals surface area contributed by atoms with Crippen LogP contribution >= 0.6 is 11.6 Å². The fraction of sp³-hybridized carbons (Fsp3) is 0.435. The van der Waals surface area contributed by atoms with Gasteiger partial charge in [-0.1, -0.05) is 23.7 Å². The predicted octanol–water partition coefficient (Wildman–Crippen LogP) is 4.63. The molecule has 0 aliphatic carbocycles. The first-order valence-electron chi connectivity index (χ1n) is 10.5. The molecule has 1 amide bonds. The molecular formula is C23H28ClN3O2. The number of ether oxygens (including phenoxy) is 1. The summed E-state index contributed by atoms with van der Waals surface area (Å²) >= 11 is 6.13. The Hall–Kier alpha value is -2.08. The number of rotatable bonds is 7. The second-order valence-corrected chi connectivity index (χ2v) is 8.29. The molecule has 0 spiro atoms. The molecule has 154 valence electrons. The lowest BCUT2D eigenvalue weighted by Gasteiger charge is -2.27. The van der Waals surface area contributed by atoms with Gasteiger partial charge in [-0.3, -0.25) is 9.69 Å². The van der Waals surface area contributed by atoms with Crippen molar-refractivity contribution < 1.29 is 9.53 Å². The van der Waals surface area contributed by atoms with Gasteiger partial charge in [0.25, 0.3) is 0 Å². The van der Waals surface area contributed by atoms with Gasteiger partial charge in [-0.2, -0.15) is 0 Å². The van der Waals surface area contributed by atoms with Gasteiger partial charge in [0.2, 0.25) is 5.91 Å². The summed E-state index contributed by atoms with van der Waals surface area (Å²) in [5, 5.41) is 3.58. The number of amides is 1. The van der Waals surface area contributed by atoms with E-state index in [2.05, 4.69) is 15.1 Å². The number of halogens is 1. The van der Waals surface area contributed by atoms with Crippen LogP contribution in [0.15, 0.2) is 48.5 Å². The molecule has 2 saturated heterocycles. The molecule has 1 unspecified atom stereocenters. The number of carbonyl (C=O) groups is 1. The molecule has 4 rings (SSSR count). The van der Waals surface area contributed by atoms with Crippen molar-refractivity contribution in [3.63, 3.8) is 0 Å². The third-order valence-electron chi connectivity index (χ3n) is 5.72. The Morgan fingerprint density at radius 3 is 2.55 bits per heavy atom. The molecule has 2 aromatic rings. The molecule has 0 saturated carbocycles.